The van der Waals surface area contributed by atoms with Gasteiger partial charge < -0.3 is 14.4 Å². The minimum atomic E-state index is -1.01. The second kappa shape index (κ2) is 6.91. The van der Waals surface area contributed by atoms with E-state index in [0.29, 0.717) is 16.8 Å². The van der Waals surface area contributed by atoms with Gasteiger partial charge in [-0.25, -0.2) is 4.79 Å². The lowest BCUT2D eigenvalue weighted by molar-refractivity contribution is 0.0696. The molecule has 0 saturated carbocycles. The van der Waals surface area contributed by atoms with Gasteiger partial charge in [-0.3, -0.25) is 4.79 Å². The standard InChI is InChI=1S/C14H11Br2NO4/c15-10-7-12(16)13(18)17(8-10)4-5-21-11-3-1-2-9(6-11)14(19)20/h1-3,6-8H,4-5H2,(H,19,20). The van der Waals surface area contributed by atoms with Crippen LogP contribution in [0.2, 0.25) is 0 Å². The molecule has 0 unspecified atom stereocenters. The Labute approximate surface area is 137 Å². The number of benzene rings is 1. The smallest absolute Gasteiger partial charge is 0.335 e. The fraction of sp³-hybridized carbons (Fsp3) is 0.143. The summed E-state index contributed by atoms with van der Waals surface area (Å²) in [7, 11) is 0. The van der Waals surface area contributed by atoms with Gasteiger partial charge in [0.2, 0.25) is 0 Å². The fourth-order valence-corrected chi connectivity index (χ4v) is 2.97. The molecule has 0 atom stereocenters. The zero-order valence-corrected chi connectivity index (χ0v) is 13.9. The number of carboxylic acids is 1. The average molecular weight is 417 g/mol. The molecule has 0 aliphatic carbocycles. The Bertz CT molecular complexity index is 727. The Morgan fingerprint density at radius 3 is 2.76 bits per heavy atom. The highest BCUT2D eigenvalue weighted by Gasteiger charge is 2.05. The predicted octanol–water partition coefficient (Wildman–Crippen LogP) is 3.15. The van der Waals surface area contributed by atoms with Gasteiger partial charge in [0.25, 0.3) is 5.56 Å². The minimum Gasteiger partial charge on any atom is -0.492 e. The second-order valence-corrected chi connectivity index (χ2v) is 5.96. The lowest BCUT2D eigenvalue weighted by Crippen LogP contribution is -2.23. The number of nitrogens with zero attached hydrogens (tertiary/aromatic N) is 1. The number of halogens is 2. The largest absolute Gasteiger partial charge is 0.492 e. The van der Waals surface area contributed by atoms with Crippen molar-refractivity contribution in [3.8, 4) is 5.75 Å². The van der Waals surface area contributed by atoms with Crippen LogP contribution in [0, 0.1) is 0 Å². The van der Waals surface area contributed by atoms with Gasteiger partial charge in [-0.1, -0.05) is 6.07 Å². The summed E-state index contributed by atoms with van der Waals surface area (Å²) in [6.45, 7) is 0.611. The van der Waals surface area contributed by atoms with Crippen molar-refractivity contribution in [2.45, 2.75) is 6.54 Å². The van der Waals surface area contributed by atoms with Crippen molar-refractivity contribution in [3.05, 3.63) is 61.4 Å². The number of carboxylic acid groups (broad SMARTS) is 1. The minimum absolute atomic E-state index is 0.152. The van der Waals surface area contributed by atoms with Gasteiger partial charge in [-0.05, 0) is 56.1 Å². The molecule has 110 valence electrons. The van der Waals surface area contributed by atoms with E-state index in [9.17, 15) is 9.59 Å². The van der Waals surface area contributed by atoms with E-state index in [4.69, 9.17) is 9.84 Å². The van der Waals surface area contributed by atoms with Crippen LogP contribution in [0.25, 0.3) is 0 Å². The maximum Gasteiger partial charge on any atom is 0.335 e. The van der Waals surface area contributed by atoms with E-state index in [2.05, 4.69) is 31.9 Å². The van der Waals surface area contributed by atoms with Gasteiger partial charge in [0.05, 0.1) is 16.6 Å². The Morgan fingerprint density at radius 2 is 2.05 bits per heavy atom. The van der Waals surface area contributed by atoms with Crippen molar-refractivity contribution < 1.29 is 14.6 Å². The molecule has 1 aromatic heterocycles. The number of hydrogen-bond acceptors (Lipinski definition) is 3. The molecule has 21 heavy (non-hydrogen) atoms. The summed E-state index contributed by atoms with van der Waals surface area (Å²) < 4.78 is 8.23. The normalized spacial score (nSPS) is 10.4. The molecule has 5 nitrogen and oxygen atoms in total. The molecule has 0 saturated heterocycles. The summed E-state index contributed by atoms with van der Waals surface area (Å²) in [6.07, 6.45) is 1.67. The van der Waals surface area contributed by atoms with Gasteiger partial charge in [0.15, 0.2) is 0 Å². The topological polar surface area (TPSA) is 68.5 Å². The number of aromatic nitrogens is 1. The van der Waals surface area contributed by atoms with Crippen LogP contribution < -0.4 is 10.3 Å². The predicted molar refractivity (Wildman–Crippen MR) is 85.0 cm³/mol. The van der Waals surface area contributed by atoms with Gasteiger partial charge in [0, 0.05) is 10.7 Å². The number of pyridine rings is 1. The summed E-state index contributed by atoms with van der Waals surface area (Å²) in [4.78, 5) is 22.7. The van der Waals surface area contributed by atoms with Crippen molar-refractivity contribution in [2.75, 3.05) is 6.61 Å². The number of carbonyl (C=O) groups is 1. The van der Waals surface area contributed by atoms with E-state index < -0.39 is 5.97 Å². The molecular weight excluding hydrogens is 406 g/mol. The summed E-state index contributed by atoms with van der Waals surface area (Å²) in [5.41, 5.74) is 0.0101. The summed E-state index contributed by atoms with van der Waals surface area (Å²) in [5, 5.41) is 8.90. The lowest BCUT2D eigenvalue weighted by atomic mass is 10.2. The van der Waals surface area contributed by atoms with Gasteiger partial charge in [0.1, 0.15) is 12.4 Å². The molecule has 2 rings (SSSR count). The molecule has 0 amide bonds. The third kappa shape index (κ3) is 4.18. The van der Waals surface area contributed by atoms with E-state index >= 15 is 0 Å². The first-order chi connectivity index (χ1) is 9.97. The SMILES string of the molecule is O=C(O)c1cccc(OCCn2cc(Br)cc(Br)c2=O)c1. The maximum absolute atomic E-state index is 11.9. The molecule has 0 aliphatic rings. The second-order valence-electron chi connectivity index (χ2n) is 4.19. The summed E-state index contributed by atoms with van der Waals surface area (Å²) in [5.74, 6) is -0.551. The Kier molecular flexibility index (Phi) is 5.19. The first-order valence-corrected chi connectivity index (χ1v) is 7.57. The van der Waals surface area contributed by atoms with E-state index in [0.717, 1.165) is 4.47 Å². The highest BCUT2D eigenvalue weighted by molar-refractivity contribution is 9.11. The van der Waals surface area contributed by atoms with Crippen LogP contribution >= 0.6 is 31.9 Å². The van der Waals surface area contributed by atoms with Gasteiger partial charge in [-0.2, -0.15) is 0 Å². The molecule has 1 N–H and O–H groups in total. The third-order valence-electron chi connectivity index (χ3n) is 2.69. The summed E-state index contributed by atoms with van der Waals surface area (Å²) >= 11 is 6.50. The van der Waals surface area contributed by atoms with Crippen LogP contribution in [0.3, 0.4) is 0 Å². The highest BCUT2D eigenvalue weighted by atomic mass is 79.9. The van der Waals surface area contributed by atoms with Crippen LogP contribution in [0.1, 0.15) is 10.4 Å². The molecular formula is C14H11Br2NO4. The Morgan fingerprint density at radius 1 is 1.29 bits per heavy atom. The van der Waals surface area contributed by atoms with Crippen LogP contribution in [0.15, 0.2) is 50.3 Å². The van der Waals surface area contributed by atoms with Gasteiger partial charge in [-0.15, -0.1) is 0 Å². The Hall–Kier alpha value is -1.60. The van der Waals surface area contributed by atoms with Crippen molar-refractivity contribution in [2.24, 2.45) is 0 Å². The molecule has 0 radical (unpaired) electrons. The molecule has 0 spiro atoms. The van der Waals surface area contributed by atoms with Crippen LogP contribution in [-0.2, 0) is 6.54 Å². The summed E-state index contributed by atoms with van der Waals surface area (Å²) in [6, 6.07) is 7.90. The number of rotatable bonds is 5. The van der Waals surface area contributed by atoms with Crippen molar-refractivity contribution >= 4 is 37.8 Å². The van der Waals surface area contributed by atoms with E-state index in [1.165, 1.54) is 16.7 Å². The molecule has 2 aromatic rings. The van der Waals surface area contributed by atoms with E-state index in [1.807, 2.05) is 0 Å². The number of aromatic carboxylic acids is 1. The van der Waals surface area contributed by atoms with Gasteiger partial charge >= 0.3 is 5.97 Å². The quantitative estimate of drug-likeness (QED) is 0.812. The van der Waals surface area contributed by atoms with Crippen LogP contribution in [-0.4, -0.2) is 22.2 Å². The monoisotopic (exact) mass is 415 g/mol. The van der Waals surface area contributed by atoms with E-state index in [-0.39, 0.29) is 17.7 Å². The molecule has 0 bridgehead atoms. The fourth-order valence-electron chi connectivity index (χ4n) is 1.71. The highest BCUT2D eigenvalue weighted by Crippen LogP contribution is 2.14. The molecule has 1 heterocycles. The maximum atomic E-state index is 11.9. The van der Waals surface area contributed by atoms with Crippen molar-refractivity contribution in [1.82, 2.24) is 4.57 Å². The zero-order chi connectivity index (χ0) is 15.4. The number of ether oxygens (including phenoxy) is 1. The lowest BCUT2D eigenvalue weighted by Gasteiger charge is -2.09. The molecule has 0 aliphatic heterocycles. The van der Waals surface area contributed by atoms with Crippen LogP contribution in [0.5, 0.6) is 5.75 Å². The first-order valence-electron chi connectivity index (χ1n) is 5.99. The molecule has 0 fully saturated rings. The molecule has 1 aromatic carbocycles. The zero-order valence-electron chi connectivity index (χ0n) is 10.8. The van der Waals surface area contributed by atoms with E-state index in [1.54, 1.807) is 24.4 Å². The van der Waals surface area contributed by atoms with Crippen molar-refractivity contribution in [1.29, 1.82) is 0 Å². The average Bonchev–Trinajstić information content (AvgIpc) is 2.44. The third-order valence-corrected chi connectivity index (χ3v) is 3.69. The molecule has 7 heteroatoms. The first kappa shape index (κ1) is 15.8. The van der Waals surface area contributed by atoms with Crippen molar-refractivity contribution in [3.63, 3.8) is 0 Å². The van der Waals surface area contributed by atoms with Crippen LogP contribution in [0.4, 0.5) is 0 Å². The Balaban J connectivity index is 2.04. The number of hydrogen-bond donors (Lipinski definition) is 1.